The Balaban J connectivity index is 2.87. The summed E-state index contributed by atoms with van der Waals surface area (Å²) in [6.07, 6.45) is 1.14. The van der Waals surface area contributed by atoms with Crippen molar-refractivity contribution in [1.82, 2.24) is 10.2 Å². The van der Waals surface area contributed by atoms with Gasteiger partial charge in [-0.25, -0.2) is 0 Å². The Labute approximate surface area is 111 Å². The highest BCUT2D eigenvalue weighted by Crippen LogP contribution is 2.24. The summed E-state index contributed by atoms with van der Waals surface area (Å²) in [6.45, 7) is 11.2. The molecular weight excluding hydrogens is 228 g/mol. The molecule has 3 unspecified atom stereocenters. The minimum absolute atomic E-state index is 0.0770. The van der Waals surface area contributed by atoms with Crippen molar-refractivity contribution in [1.29, 1.82) is 0 Å². The van der Waals surface area contributed by atoms with E-state index in [9.17, 15) is 4.79 Å². The Morgan fingerprint density at radius 2 is 1.94 bits per heavy atom. The van der Waals surface area contributed by atoms with Crippen LogP contribution in [0.25, 0.3) is 0 Å². The van der Waals surface area contributed by atoms with E-state index in [-0.39, 0.29) is 24.2 Å². The minimum Gasteiger partial charge on any atom is -0.383 e. The van der Waals surface area contributed by atoms with Crippen LogP contribution in [-0.2, 0) is 9.53 Å². The topological polar surface area (TPSA) is 41.6 Å². The lowest BCUT2D eigenvalue weighted by Gasteiger charge is -2.35. The van der Waals surface area contributed by atoms with Gasteiger partial charge in [0, 0.05) is 7.11 Å². The van der Waals surface area contributed by atoms with E-state index in [1.54, 1.807) is 7.11 Å². The highest BCUT2D eigenvalue weighted by molar-refractivity contribution is 5.84. The van der Waals surface area contributed by atoms with Crippen LogP contribution in [0.4, 0.5) is 0 Å². The first-order chi connectivity index (χ1) is 8.38. The number of nitrogens with zero attached hydrogens (tertiary/aromatic N) is 1. The summed E-state index contributed by atoms with van der Waals surface area (Å²) in [7, 11) is 1.70. The number of methoxy groups -OCH3 is 1. The van der Waals surface area contributed by atoms with Crippen LogP contribution in [0, 0.1) is 11.8 Å². The van der Waals surface area contributed by atoms with E-state index in [1.807, 2.05) is 11.8 Å². The van der Waals surface area contributed by atoms with Crippen molar-refractivity contribution in [2.75, 3.05) is 13.7 Å². The van der Waals surface area contributed by atoms with Crippen molar-refractivity contribution in [2.24, 2.45) is 11.8 Å². The molecule has 0 spiro atoms. The third-order valence-electron chi connectivity index (χ3n) is 3.56. The van der Waals surface area contributed by atoms with Crippen LogP contribution >= 0.6 is 0 Å². The number of hydrogen-bond acceptors (Lipinski definition) is 3. The first-order valence-electron chi connectivity index (χ1n) is 6.95. The second-order valence-corrected chi connectivity index (χ2v) is 6.05. The molecule has 1 saturated heterocycles. The lowest BCUT2D eigenvalue weighted by Crippen LogP contribution is -2.49. The second kappa shape index (κ2) is 6.53. The van der Waals surface area contributed by atoms with Gasteiger partial charge < -0.3 is 9.64 Å². The fraction of sp³-hybridized carbons (Fsp3) is 0.929. The SMILES string of the molecule is COCC(C(C)C)N1C(=O)C(C)NC1CC(C)C. The third-order valence-corrected chi connectivity index (χ3v) is 3.56. The molecule has 1 aliphatic rings. The van der Waals surface area contributed by atoms with Crippen molar-refractivity contribution in [3.05, 3.63) is 0 Å². The Bertz CT molecular complexity index is 279. The molecule has 4 nitrogen and oxygen atoms in total. The molecule has 0 radical (unpaired) electrons. The largest absolute Gasteiger partial charge is 0.383 e. The van der Waals surface area contributed by atoms with Crippen LogP contribution in [0.15, 0.2) is 0 Å². The number of carbonyl (C=O) groups excluding carboxylic acids is 1. The molecule has 0 aromatic rings. The molecule has 0 aromatic carbocycles. The third kappa shape index (κ3) is 3.45. The zero-order valence-corrected chi connectivity index (χ0v) is 12.6. The first-order valence-corrected chi connectivity index (χ1v) is 6.95. The van der Waals surface area contributed by atoms with Gasteiger partial charge in [0.2, 0.25) is 5.91 Å². The summed E-state index contributed by atoms with van der Waals surface area (Å²) in [5.41, 5.74) is 0. The van der Waals surface area contributed by atoms with E-state index in [0.717, 1.165) is 6.42 Å². The van der Waals surface area contributed by atoms with Gasteiger partial charge in [-0.05, 0) is 25.2 Å². The van der Waals surface area contributed by atoms with Crippen LogP contribution < -0.4 is 5.32 Å². The van der Waals surface area contributed by atoms with Gasteiger partial charge in [0.1, 0.15) is 0 Å². The number of rotatable bonds is 6. The standard InChI is InChI=1S/C14H28N2O2/c1-9(2)7-13-15-11(5)14(17)16(13)12(8-18-6)10(3)4/h9-13,15H,7-8H2,1-6H3. The molecule has 0 saturated carbocycles. The number of amides is 1. The van der Waals surface area contributed by atoms with Gasteiger partial charge in [-0.1, -0.05) is 27.7 Å². The molecule has 0 aromatic heterocycles. The summed E-state index contributed by atoms with van der Waals surface area (Å²) in [5, 5.41) is 3.40. The van der Waals surface area contributed by atoms with Gasteiger partial charge in [-0.3, -0.25) is 10.1 Å². The molecule has 1 rings (SSSR count). The summed E-state index contributed by atoms with van der Waals surface area (Å²) < 4.78 is 5.29. The van der Waals surface area contributed by atoms with Crippen LogP contribution in [0.2, 0.25) is 0 Å². The number of ether oxygens (including phenoxy) is 1. The number of hydrogen-bond donors (Lipinski definition) is 1. The Morgan fingerprint density at radius 3 is 2.39 bits per heavy atom. The highest BCUT2D eigenvalue weighted by Gasteiger charge is 2.41. The summed E-state index contributed by atoms with van der Waals surface area (Å²) in [6, 6.07) is 0.0792. The van der Waals surface area contributed by atoms with Crippen LogP contribution in [0.3, 0.4) is 0 Å². The van der Waals surface area contributed by atoms with E-state index in [4.69, 9.17) is 4.74 Å². The zero-order chi connectivity index (χ0) is 13.9. The molecule has 4 heteroatoms. The van der Waals surface area contributed by atoms with Crippen LogP contribution in [-0.4, -0.2) is 42.8 Å². The monoisotopic (exact) mass is 256 g/mol. The van der Waals surface area contributed by atoms with Crippen molar-refractivity contribution in [3.8, 4) is 0 Å². The maximum Gasteiger partial charge on any atom is 0.241 e. The second-order valence-electron chi connectivity index (χ2n) is 6.05. The summed E-state index contributed by atoms with van der Waals surface area (Å²) in [5.74, 6) is 1.17. The van der Waals surface area contributed by atoms with Gasteiger partial charge in [0.25, 0.3) is 0 Å². The molecule has 106 valence electrons. The van der Waals surface area contributed by atoms with Gasteiger partial charge in [-0.2, -0.15) is 0 Å². The van der Waals surface area contributed by atoms with Crippen molar-refractivity contribution in [3.63, 3.8) is 0 Å². The molecule has 1 N–H and O–H groups in total. The van der Waals surface area contributed by atoms with E-state index in [2.05, 4.69) is 33.0 Å². The predicted octanol–water partition coefficient (Wildman–Crippen LogP) is 1.85. The Hall–Kier alpha value is -0.610. The molecule has 1 aliphatic heterocycles. The quantitative estimate of drug-likeness (QED) is 0.788. The fourth-order valence-corrected chi connectivity index (χ4v) is 2.60. The normalized spacial score (nSPS) is 26.4. The maximum absolute atomic E-state index is 12.3. The average molecular weight is 256 g/mol. The molecule has 0 aliphatic carbocycles. The maximum atomic E-state index is 12.3. The Kier molecular flexibility index (Phi) is 5.60. The predicted molar refractivity (Wildman–Crippen MR) is 73.2 cm³/mol. The van der Waals surface area contributed by atoms with Gasteiger partial charge in [0.05, 0.1) is 24.9 Å². The minimum atomic E-state index is -0.0770. The van der Waals surface area contributed by atoms with Crippen molar-refractivity contribution in [2.45, 2.75) is 59.3 Å². The van der Waals surface area contributed by atoms with E-state index in [1.165, 1.54) is 0 Å². The zero-order valence-electron chi connectivity index (χ0n) is 12.6. The van der Waals surface area contributed by atoms with E-state index >= 15 is 0 Å². The lowest BCUT2D eigenvalue weighted by molar-refractivity contribution is -0.134. The lowest BCUT2D eigenvalue weighted by atomic mass is 10.0. The van der Waals surface area contributed by atoms with Gasteiger partial charge in [-0.15, -0.1) is 0 Å². The highest BCUT2D eigenvalue weighted by atomic mass is 16.5. The molecule has 18 heavy (non-hydrogen) atoms. The summed E-state index contributed by atoms with van der Waals surface area (Å²) in [4.78, 5) is 14.3. The molecule has 1 heterocycles. The van der Waals surface area contributed by atoms with Gasteiger partial charge >= 0.3 is 0 Å². The first kappa shape index (κ1) is 15.4. The molecular formula is C14H28N2O2. The molecule has 1 fully saturated rings. The number of nitrogens with one attached hydrogen (secondary N) is 1. The average Bonchev–Trinajstić information content (AvgIpc) is 2.51. The molecule has 1 amide bonds. The molecule has 3 atom stereocenters. The van der Waals surface area contributed by atoms with Gasteiger partial charge in [0.15, 0.2) is 0 Å². The van der Waals surface area contributed by atoms with Crippen LogP contribution in [0.1, 0.15) is 41.0 Å². The van der Waals surface area contributed by atoms with E-state index in [0.29, 0.717) is 18.4 Å². The number of carbonyl (C=O) groups is 1. The van der Waals surface area contributed by atoms with Crippen molar-refractivity contribution < 1.29 is 9.53 Å². The van der Waals surface area contributed by atoms with Crippen LogP contribution in [0.5, 0.6) is 0 Å². The smallest absolute Gasteiger partial charge is 0.241 e. The fourth-order valence-electron chi connectivity index (χ4n) is 2.60. The van der Waals surface area contributed by atoms with Crippen molar-refractivity contribution >= 4 is 5.91 Å². The molecule has 0 bridgehead atoms. The summed E-state index contributed by atoms with van der Waals surface area (Å²) >= 11 is 0. The van der Waals surface area contributed by atoms with E-state index < -0.39 is 0 Å². The Morgan fingerprint density at radius 1 is 1.33 bits per heavy atom.